The Balaban J connectivity index is 3.33. The van der Waals surface area contributed by atoms with Crippen LogP contribution in [0.1, 0.15) is 264 Å². The van der Waals surface area contributed by atoms with Crippen molar-refractivity contribution >= 4 is 5.97 Å². The van der Waals surface area contributed by atoms with Gasteiger partial charge >= 0.3 is 5.97 Å². The number of aliphatic hydroxyl groups excluding tert-OH is 1. The Morgan fingerprint density at radius 3 is 0.940 bits per heavy atom. The van der Waals surface area contributed by atoms with Gasteiger partial charge in [-0.1, -0.05) is 245 Å². The molecule has 4 nitrogen and oxygen atoms in total. The van der Waals surface area contributed by atoms with E-state index in [2.05, 4.69) is 13.8 Å². The molecule has 300 valence electrons. The summed E-state index contributed by atoms with van der Waals surface area (Å²) in [5.74, 6) is -0.192. The number of hydrogen-bond acceptors (Lipinski definition) is 4. The van der Waals surface area contributed by atoms with E-state index >= 15 is 0 Å². The van der Waals surface area contributed by atoms with E-state index < -0.39 is 6.10 Å². The summed E-state index contributed by atoms with van der Waals surface area (Å²) in [6, 6.07) is 0. The van der Waals surface area contributed by atoms with Gasteiger partial charge in [-0.2, -0.15) is 0 Å². The molecular weight excluding hydrogens is 617 g/mol. The van der Waals surface area contributed by atoms with Crippen molar-refractivity contribution in [3.05, 3.63) is 0 Å². The molecule has 0 amide bonds. The summed E-state index contributed by atoms with van der Waals surface area (Å²) in [5, 5.41) is 9.61. The molecule has 0 aromatic carbocycles. The topological polar surface area (TPSA) is 55.8 Å². The van der Waals surface area contributed by atoms with Gasteiger partial charge in [0.05, 0.1) is 13.2 Å². The van der Waals surface area contributed by atoms with Gasteiger partial charge in [-0.05, 0) is 12.8 Å². The highest BCUT2D eigenvalue weighted by Crippen LogP contribution is 2.17. The van der Waals surface area contributed by atoms with Crippen LogP contribution in [0.25, 0.3) is 0 Å². The standard InChI is InChI=1S/C46H92O4/c1-3-5-7-9-11-13-15-17-19-21-22-23-24-25-26-28-30-32-34-36-38-40-42-49-44-45(43-47)50-46(48)41-39-37-35-33-31-29-27-20-18-16-14-12-10-8-6-4-2/h45,47H,3-44H2,1-2H3. The van der Waals surface area contributed by atoms with Crippen LogP contribution in [0.2, 0.25) is 0 Å². The van der Waals surface area contributed by atoms with Gasteiger partial charge in [-0.15, -0.1) is 0 Å². The van der Waals surface area contributed by atoms with Crippen molar-refractivity contribution in [2.75, 3.05) is 19.8 Å². The Hall–Kier alpha value is -0.610. The number of aliphatic hydroxyl groups is 1. The molecule has 0 radical (unpaired) electrons. The lowest BCUT2D eigenvalue weighted by Crippen LogP contribution is -2.27. The van der Waals surface area contributed by atoms with Crippen molar-refractivity contribution in [3.63, 3.8) is 0 Å². The fraction of sp³-hybridized carbons (Fsp3) is 0.978. The number of esters is 1. The van der Waals surface area contributed by atoms with Gasteiger partial charge in [-0.3, -0.25) is 4.79 Å². The zero-order valence-corrected chi connectivity index (χ0v) is 34.4. The summed E-state index contributed by atoms with van der Waals surface area (Å²) in [6.07, 6.45) is 51.8. The normalized spacial score (nSPS) is 12.1. The summed E-state index contributed by atoms with van der Waals surface area (Å²) in [4.78, 5) is 12.2. The van der Waals surface area contributed by atoms with Gasteiger partial charge in [-0.25, -0.2) is 0 Å². The fourth-order valence-electron chi connectivity index (χ4n) is 7.21. The van der Waals surface area contributed by atoms with Gasteiger partial charge in [0.2, 0.25) is 0 Å². The SMILES string of the molecule is CCCCCCCCCCCCCCCCCCCCCCCCOCC(CO)OC(=O)CCCCCCCCCCCCCCCCCC. The predicted octanol–water partition coefficient (Wildman–Crippen LogP) is 15.2. The lowest BCUT2D eigenvalue weighted by Gasteiger charge is -2.16. The summed E-state index contributed by atoms with van der Waals surface area (Å²) < 4.78 is 11.2. The van der Waals surface area contributed by atoms with Gasteiger partial charge < -0.3 is 14.6 Å². The van der Waals surface area contributed by atoms with Gasteiger partial charge in [0.1, 0.15) is 6.10 Å². The molecule has 0 spiro atoms. The Bertz CT molecular complexity index is 623. The van der Waals surface area contributed by atoms with E-state index in [1.807, 2.05) is 0 Å². The zero-order chi connectivity index (χ0) is 36.3. The molecular formula is C46H92O4. The van der Waals surface area contributed by atoms with E-state index in [0.717, 1.165) is 19.3 Å². The third-order valence-electron chi connectivity index (χ3n) is 10.7. The molecule has 0 aromatic heterocycles. The average molecular weight is 709 g/mol. The molecule has 1 atom stereocenters. The Kier molecular flexibility index (Phi) is 44.0. The van der Waals surface area contributed by atoms with Crippen LogP contribution in [0, 0.1) is 0 Å². The molecule has 0 heterocycles. The van der Waals surface area contributed by atoms with Gasteiger partial charge in [0.25, 0.3) is 0 Å². The van der Waals surface area contributed by atoms with E-state index in [4.69, 9.17) is 9.47 Å². The highest BCUT2D eigenvalue weighted by atomic mass is 16.6. The van der Waals surface area contributed by atoms with Crippen molar-refractivity contribution in [3.8, 4) is 0 Å². The lowest BCUT2D eigenvalue weighted by atomic mass is 10.0. The zero-order valence-electron chi connectivity index (χ0n) is 34.4. The smallest absolute Gasteiger partial charge is 0.306 e. The quantitative estimate of drug-likeness (QED) is 0.0506. The minimum absolute atomic E-state index is 0.163. The van der Waals surface area contributed by atoms with Crippen molar-refractivity contribution < 1.29 is 19.4 Å². The van der Waals surface area contributed by atoms with Crippen molar-refractivity contribution in [2.24, 2.45) is 0 Å². The molecule has 0 saturated heterocycles. The first-order valence-electron chi connectivity index (χ1n) is 23.1. The summed E-state index contributed by atoms with van der Waals surface area (Å²) >= 11 is 0. The molecule has 0 rings (SSSR count). The third-order valence-corrected chi connectivity index (χ3v) is 10.7. The van der Waals surface area contributed by atoms with E-state index in [0.29, 0.717) is 19.6 Å². The summed E-state index contributed by atoms with van der Waals surface area (Å²) in [6.45, 7) is 5.41. The lowest BCUT2D eigenvalue weighted by molar-refractivity contribution is -0.154. The van der Waals surface area contributed by atoms with Crippen LogP contribution >= 0.6 is 0 Å². The average Bonchev–Trinajstić information content (AvgIpc) is 3.12. The molecule has 50 heavy (non-hydrogen) atoms. The molecule has 4 heteroatoms. The Labute approximate surface area is 314 Å². The summed E-state index contributed by atoms with van der Waals surface area (Å²) in [5.41, 5.74) is 0. The number of carbonyl (C=O) groups excluding carboxylic acids is 1. The molecule has 1 unspecified atom stereocenters. The second-order valence-corrected chi connectivity index (χ2v) is 15.8. The first-order chi connectivity index (χ1) is 24.7. The minimum Gasteiger partial charge on any atom is -0.457 e. The second kappa shape index (κ2) is 44.6. The highest BCUT2D eigenvalue weighted by molar-refractivity contribution is 5.69. The maximum atomic E-state index is 12.2. The van der Waals surface area contributed by atoms with Crippen LogP contribution in [0.3, 0.4) is 0 Å². The molecule has 0 fully saturated rings. The maximum Gasteiger partial charge on any atom is 0.306 e. The summed E-state index contributed by atoms with van der Waals surface area (Å²) in [7, 11) is 0. The predicted molar refractivity (Wildman–Crippen MR) is 219 cm³/mol. The van der Waals surface area contributed by atoms with E-state index in [1.54, 1.807) is 0 Å². The van der Waals surface area contributed by atoms with Crippen LogP contribution in [-0.2, 0) is 14.3 Å². The van der Waals surface area contributed by atoms with E-state index in [9.17, 15) is 9.90 Å². The van der Waals surface area contributed by atoms with E-state index in [-0.39, 0.29) is 12.6 Å². The van der Waals surface area contributed by atoms with E-state index in [1.165, 1.54) is 225 Å². The number of carbonyl (C=O) groups is 1. The fourth-order valence-corrected chi connectivity index (χ4v) is 7.21. The van der Waals surface area contributed by atoms with Crippen LogP contribution in [0.5, 0.6) is 0 Å². The largest absolute Gasteiger partial charge is 0.457 e. The van der Waals surface area contributed by atoms with Crippen molar-refractivity contribution in [1.29, 1.82) is 0 Å². The van der Waals surface area contributed by atoms with Crippen molar-refractivity contribution in [2.45, 2.75) is 270 Å². The molecule has 0 saturated carbocycles. The van der Waals surface area contributed by atoms with Crippen LogP contribution in [0.15, 0.2) is 0 Å². The molecule has 1 N–H and O–H groups in total. The Morgan fingerprint density at radius 2 is 0.660 bits per heavy atom. The molecule has 0 aliphatic heterocycles. The molecule has 0 bridgehead atoms. The van der Waals surface area contributed by atoms with Crippen LogP contribution < -0.4 is 0 Å². The molecule has 0 aliphatic rings. The second-order valence-electron chi connectivity index (χ2n) is 15.8. The van der Waals surface area contributed by atoms with Gasteiger partial charge in [0, 0.05) is 13.0 Å². The number of unbranched alkanes of at least 4 members (excludes halogenated alkanes) is 36. The molecule has 0 aromatic rings. The molecule has 0 aliphatic carbocycles. The third kappa shape index (κ3) is 41.8. The highest BCUT2D eigenvalue weighted by Gasteiger charge is 2.13. The first kappa shape index (κ1) is 49.4. The number of hydrogen-bond donors (Lipinski definition) is 1. The maximum absolute atomic E-state index is 12.2. The first-order valence-corrected chi connectivity index (χ1v) is 23.1. The number of rotatable bonds is 44. The van der Waals surface area contributed by atoms with Crippen molar-refractivity contribution in [1.82, 2.24) is 0 Å². The minimum atomic E-state index is -0.525. The van der Waals surface area contributed by atoms with Gasteiger partial charge in [0.15, 0.2) is 0 Å². The monoisotopic (exact) mass is 709 g/mol. The van der Waals surface area contributed by atoms with Crippen LogP contribution in [0.4, 0.5) is 0 Å². The number of ether oxygens (including phenoxy) is 2. The van der Waals surface area contributed by atoms with Crippen LogP contribution in [-0.4, -0.2) is 37.0 Å². The Morgan fingerprint density at radius 1 is 0.400 bits per heavy atom.